The average Bonchev–Trinajstić information content (AvgIpc) is 3.26. The van der Waals surface area contributed by atoms with Gasteiger partial charge in [0.1, 0.15) is 22.0 Å². The molecule has 35 heavy (non-hydrogen) atoms. The van der Waals surface area contributed by atoms with Gasteiger partial charge in [-0.25, -0.2) is 0 Å². The summed E-state index contributed by atoms with van der Waals surface area (Å²) in [5.74, 6) is -0.900. The first-order chi connectivity index (χ1) is 16.9. The van der Waals surface area contributed by atoms with Crippen molar-refractivity contribution in [2.24, 2.45) is 0 Å². The van der Waals surface area contributed by atoms with E-state index in [1.54, 1.807) is 0 Å². The molecule has 2 nitrogen and oxygen atoms in total. The minimum absolute atomic E-state index is 0.609. The predicted molar refractivity (Wildman–Crippen MR) is 143 cm³/mol. The molecule has 1 unspecified atom stereocenters. The van der Waals surface area contributed by atoms with Gasteiger partial charge in [-0.2, -0.15) is 0 Å². The molecule has 4 aromatic rings. The Kier molecular flexibility index (Phi) is 6.50. The summed E-state index contributed by atoms with van der Waals surface area (Å²) in [6.45, 7) is 3.83. The third-order valence-electron chi connectivity index (χ3n) is 6.66. The van der Waals surface area contributed by atoms with Crippen LogP contribution in [0.4, 0.5) is 0 Å². The van der Waals surface area contributed by atoms with Crippen molar-refractivity contribution in [2.45, 2.75) is 41.6 Å². The van der Waals surface area contributed by atoms with Crippen molar-refractivity contribution in [2.75, 3.05) is 0 Å². The highest BCUT2D eigenvalue weighted by Gasteiger charge is 2.61. The second kappa shape index (κ2) is 9.44. The summed E-state index contributed by atoms with van der Waals surface area (Å²) >= 11 is 15.5. The second-order valence-corrected chi connectivity index (χ2v) is 10.6. The molecular formula is C31H28Cl2O2. The first-order valence-electron chi connectivity index (χ1n) is 11.8. The lowest BCUT2D eigenvalue weighted by Crippen LogP contribution is -2.50. The number of benzene rings is 4. The monoisotopic (exact) mass is 502 g/mol. The molecule has 1 aliphatic rings. The van der Waals surface area contributed by atoms with E-state index in [1.165, 1.54) is 0 Å². The summed E-state index contributed by atoms with van der Waals surface area (Å²) in [4.78, 5) is -2.10. The number of ether oxygens (including phenoxy) is 2. The molecule has 0 radical (unpaired) electrons. The van der Waals surface area contributed by atoms with E-state index in [2.05, 4.69) is 0 Å². The van der Waals surface area contributed by atoms with Gasteiger partial charge in [0.2, 0.25) is 0 Å². The molecule has 0 spiro atoms. The van der Waals surface area contributed by atoms with E-state index < -0.39 is 27.7 Å². The fraction of sp³-hybridized carbons (Fsp3) is 0.226. The molecule has 4 aromatic carbocycles. The summed E-state index contributed by atoms with van der Waals surface area (Å²) in [5.41, 5.74) is 3.68. The van der Waals surface area contributed by atoms with Gasteiger partial charge in [-0.05, 0) is 36.1 Å². The standard InChI is InChI=1S/C31H28Cl2O2/c1-29(2)34-27(30(32,23-15-7-3-8-16-23)24-17-9-4-10-18-24)28(35-29)31(33,25-19-11-5-12-20-25)26-21-13-6-14-22-26/h3-22,27-28H,1-2H3/t27-,28?/m1/s1. The maximum atomic E-state index is 7.74. The van der Waals surface area contributed by atoms with E-state index in [-0.39, 0.29) is 0 Å². The van der Waals surface area contributed by atoms with Crippen LogP contribution < -0.4 is 0 Å². The molecule has 5 rings (SSSR count). The molecular weight excluding hydrogens is 475 g/mol. The first-order valence-corrected chi connectivity index (χ1v) is 12.6. The van der Waals surface area contributed by atoms with E-state index in [0.29, 0.717) is 0 Å². The van der Waals surface area contributed by atoms with E-state index >= 15 is 0 Å². The third kappa shape index (κ3) is 4.30. The van der Waals surface area contributed by atoms with Crippen LogP contribution in [0, 0.1) is 0 Å². The molecule has 178 valence electrons. The maximum Gasteiger partial charge on any atom is 0.164 e. The topological polar surface area (TPSA) is 18.5 Å². The SMILES string of the molecule is CC1(C)OC(C(Cl)(c2ccccc2)c2ccccc2)[C@H](C(Cl)(c2ccccc2)c2ccccc2)O1. The highest BCUT2D eigenvalue weighted by atomic mass is 35.5. The Hall–Kier alpha value is -2.62. The van der Waals surface area contributed by atoms with Crippen LogP contribution in [0.15, 0.2) is 121 Å². The van der Waals surface area contributed by atoms with Crippen LogP contribution in [0.1, 0.15) is 36.1 Å². The van der Waals surface area contributed by atoms with Crippen LogP contribution in [0.25, 0.3) is 0 Å². The highest BCUT2D eigenvalue weighted by Crippen LogP contribution is 2.55. The molecule has 1 saturated heterocycles. The molecule has 1 fully saturated rings. The van der Waals surface area contributed by atoms with E-state index in [0.717, 1.165) is 22.3 Å². The zero-order chi connectivity index (χ0) is 24.5. The smallest absolute Gasteiger partial charge is 0.164 e. The minimum atomic E-state index is -1.05. The van der Waals surface area contributed by atoms with Gasteiger partial charge < -0.3 is 9.47 Å². The molecule has 0 bridgehead atoms. The highest BCUT2D eigenvalue weighted by molar-refractivity contribution is 6.28. The predicted octanol–water partition coefficient (Wildman–Crippen LogP) is 7.87. The molecule has 2 atom stereocenters. The van der Waals surface area contributed by atoms with Crippen molar-refractivity contribution < 1.29 is 9.47 Å². The molecule has 0 amide bonds. The summed E-state index contributed by atoms with van der Waals surface area (Å²) in [6, 6.07) is 40.2. The van der Waals surface area contributed by atoms with Crippen LogP contribution in [-0.2, 0) is 19.2 Å². The molecule has 1 aliphatic heterocycles. The van der Waals surface area contributed by atoms with E-state index in [1.807, 2.05) is 135 Å². The van der Waals surface area contributed by atoms with Gasteiger partial charge in [-0.1, -0.05) is 121 Å². The van der Waals surface area contributed by atoms with E-state index in [4.69, 9.17) is 32.7 Å². The van der Waals surface area contributed by atoms with Crippen LogP contribution in [0.3, 0.4) is 0 Å². The van der Waals surface area contributed by atoms with Crippen molar-refractivity contribution in [1.29, 1.82) is 0 Å². The zero-order valence-electron chi connectivity index (χ0n) is 19.8. The van der Waals surface area contributed by atoms with Crippen LogP contribution in [0.5, 0.6) is 0 Å². The Morgan fingerprint density at radius 1 is 0.486 bits per heavy atom. The van der Waals surface area contributed by atoms with Gasteiger partial charge in [0, 0.05) is 0 Å². The Morgan fingerprint density at radius 3 is 0.943 bits per heavy atom. The van der Waals surface area contributed by atoms with Crippen molar-refractivity contribution in [3.63, 3.8) is 0 Å². The summed E-state index contributed by atoms with van der Waals surface area (Å²) in [5, 5.41) is 0. The molecule has 0 aliphatic carbocycles. The zero-order valence-corrected chi connectivity index (χ0v) is 21.3. The number of halogens is 2. The van der Waals surface area contributed by atoms with Crippen molar-refractivity contribution in [1.82, 2.24) is 0 Å². The summed E-state index contributed by atoms with van der Waals surface area (Å²) < 4.78 is 13.4. The van der Waals surface area contributed by atoms with Gasteiger partial charge in [0.15, 0.2) is 5.79 Å². The number of rotatable bonds is 6. The lowest BCUT2D eigenvalue weighted by Gasteiger charge is -2.42. The van der Waals surface area contributed by atoms with Crippen LogP contribution in [0.2, 0.25) is 0 Å². The van der Waals surface area contributed by atoms with Gasteiger partial charge >= 0.3 is 0 Å². The first kappa shape index (κ1) is 24.1. The second-order valence-electron chi connectivity index (χ2n) is 9.36. The van der Waals surface area contributed by atoms with Crippen molar-refractivity contribution in [3.8, 4) is 0 Å². The summed E-state index contributed by atoms with van der Waals surface area (Å²) in [7, 11) is 0. The largest absolute Gasteiger partial charge is 0.342 e. The third-order valence-corrected chi connectivity index (χ3v) is 7.96. The van der Waals surface area contributed by atoms with Gasteiger partial charge in [-0.3, -0.25) is 0 Å². The van der Waals surface area contributed by atoms with Crippen LogP contribution in [-0.4, -0.2) is 18.0 Å². The molecule has 4 heteroatoms. The Balaban J connectivity index is 1.76. The van der Waals surface area contributed by atoms with Crippen molar-refractivity contribution in [3.05, 3.63) is 144 Å². The van der Waals surface area contributed by atoms with Crippen LogP contribution >= 0.6 is 23.2 Å². The quantitative estimate of drug-likeness (QED) is 0.249. The molecule has 0 aromatic heterocycles. The average molecular weight is 503 g/mol. The lowest BCUT2D eigenvalue weighted by molar-refractivity contribution is -0.150. The minimum Gasteiger partial charge on any atom is -0.342 e. The summed E-state index contributed by atoms with van der Waals surface area (Å²) in [6.07, 6.45) is -1.22. The number of hydrogen-bond donors (Lipinski definition) is 0. The van der Waals surface area contributed by atoms with E-state index in [9.17, 15) is 0 Å². The Morgan fingerprint density at radius 2 is 0.714 bits per heavy atom. The Labute approximate surface area is 217 Å². The fourth-order valence-electron chi connectivity index (χ4n) is 5.06. The normalized spacial score (nSPS) is 20.0. The number of alkyl halides is 2. The molecule has 0 N–H and O–H groups in total. The lowest BCUT2D eigenvalue weighted by atomic mass is 9.76. The fourth-order valence-corrected chi connectivity index (χ4v) is 5.88. The van der Waals surface area contributed by atoms with Crippen molar-refractivity contribution >= 4 is 23.2 Å². The van der Waals surface area contributed by atoms with Gasteiger partial charge in [0.05, 0.1) is 0 Å². The molecule has 0 saturated carbocycles. The van der Waals surface area contributed by atoms with Gasteiger partial charge in [-0.15, -0.1) is 23.2 Å². The number of hydrogen-bond acceptors (Lipinski definition) is 2. The van der Waals surface area contributed by atoms with Gasteiger partial charge in [0.25, 0.3) is 0 Å². The maximum absolute atomic E-state index is 7.74. The Bertz CT molecular complexity index is 1070. The molecule has 1 heterocycles.